The number of methoxy groups -OCH3 is 1. The first-order valence-corrected chi connectivity index (χ1v) is 15.9. The van der Waals surface area contributed by atoms with Crippen LogP contribution in [0.4, 0.5) is 0 Å². The van der Waals surface area contributed by atoms with E-state index in [1.165, 1.54) is 16.9 Å². The van der Waals surface area contributed by atoms with Crippen LogP contribution in [0, 0.1) is 0 Å². The summed E-state index contributed by atoms with van der Waals surface area (Å²) in [4.78, 5) is 19.9. The summed E-state index contributed by atoms with van der Waals surface area (Å²) in [5.74, 6) is 1.45. The van der Waals surface area contributed by atoms with Crippen molar-refractivity contribution in [3.8, 4) is 11.5 Å². The molecule has 5 aromatic rings. The predicted octanol–water partition coefficient (Wildman–Crippen LogP) is 7.32. The standard InChI is InChI=1S/C35H26BrClN2O3S/c1-41-29-13-7-5-11-25(29)33-26-16-15-22-8-2-4-10-24(22)32(26)38-35-39(33)34(40)31(43-35)19-21-14-17-30(27(36)18-21)42-20-23-9-3-6-12-28(23)37/h2-14,17-19,33H,15-16,20H2,1H3/b31-19-/t33-/m1/s1. The molecule has 0 unspecified atom stereocenters. The van der Waals surface area contributed by atoms with E-state index in [2.05, 4.69) is 46.3 Å². The van der Waals surface area contributed by atoms with Crippen molar-refractivity contribution in [1.29, 1.82) is 0 Å². The minimum absolute atomic E-state index is 0.0692. The molecular weight excluding hydrogens is 644 g/mol. The molecule has 1 aromatic heterocycles. The number of benzene rings is 4. The lowest BCUT2D eigenvalue weighted by Crippen LogP contribution is -2.39. The number of hydrogen-bond donors (Lipinski definition) is 0. The summed E-state index contributed by atoms with van der Waals surface area (Å²) in [6.45, 7) is 0.354. The van der Waals surface area contributed by atoms with Crippen molar-refractivity contribution in [2.24, 2.45) is 4.99 Å². The third-order valence-corrected chi connectivity index (χ3v) is 9.87. The van der Waals surface area contributed by atoms with Gasteiger partial charge in [-0.3, -0.25) is 9.36 Å². The number of ether oxygens (including phenoxy) is 2. The molecule has 1 atom stereocenters. The maximum Gasteiger partial charge on any atom is 0.271 e. The zero-order chi connectivity index (χ0) is 29.5. The number of hydrogen-bond acceptors (Lipinski definition) is 5. The quantitative estimate of drug-likeness (QED) is 0.190. The average molecular weight is 670 g/mol. The Morgan fingerprint density at radius 2 is 1.79 bits per heavy atom. The molecule has 0 saturated heterocycles. The minimum Gasteiger partial charge on any atom is -0.496 e. The van der Waals surface area contributed by atoms with Gasteiger partial charge < -0.3 is 9.47 Å². The number of halogens is 2. The Morgan fingerprint density at radius 3 is 2.63 bits per heavy atom. The molecule has 7 rings (SSSR count). The summed E-state index contributed by atoms with van der Waals surface area (Å²) in [5, 5.41) is 0.669. The van der Waals surface area contributed by atoms with Crippen LogP contribution in [0.15, 0.2) is 111 Å². The van der Waals surface area contributed by atoms with E-state index < -0.39 is 0 Å². The molecule has 4 aromatic carbocycles. The lowest BCUT2D eigenvalue weighted by Gasteiger charge is -2.31. The second-order valence-corrected chi connectivity index (χ2v) is 12.7. The van der Waals surface area contributed by atoms with Crippen LogP contribution in [0.5, 0.6) is 11.5 Å². The van der Waals surface area contributed by atoms with Gasteiger partial charge in [0, 0.05) is 21.7 Å². The van der Waals surface area contributed by atoms with Gasteiger partial charge in [-0.15, -0.1) is 0 Å². The van der Waals surface area contributed by atoms with Crippen molar-refractivity contribution in [1.82, 2.24) is 4.57 Å². The number of allylic oxidation sites excluding steroid dienone is 1. The van der Waals surface area contributed by atoms with Crippen LogP contribution in [0.1, 0.15) is 40.3 Å². The van der Waals surface area contributed by atoms with E-state index >= 15 is 0 Å². The molecule has 0 saturated carbocycles. The van der Waals surface area contributed by atoms with Crippen LogP contribution in [0.25, 0.3) is 11.8 Å². The highest BCUT2D eigenvalue weighted by molar-refractivity contribution is 9.10. The monoisotopic (exact) mass is 668 g/mol. The smallest absolute Gasteiger partial charge is 0.271 e. The number of thiazole rings is 1. The topological polar surface area (TPSA) is 52.8 Å². The van der Waals surface area contributed by atoms with Gasteiger partial charge in [0.1, 0.15) is 18.1 Å². The van der Waals surface area contributed by atoms with Crippen molar-refractivity contribution in [2.75, 3.05) is 7.11 Å². The van der Waals surface area contributed by atoms with Crippen molar-refractivity contribution < 1.29 is 9.47 Å². The van der Waals surface area contributed by atoms with Gasteiger partial charge >= 0.3 is 0 Å². The van der Waals surface area contributed by atoms with Crippen molar-refractivity contribution in [3.05, 3.63) is 154 Å². The van der Waals surface area contributed by atoms with E-state index in [1.807, 2.05) is 71.3 Å². The maximum atomic E-state index is 14.1. The SMILES string of the molecule is COc1ccccc1[C@@H]1C2=C(N=c3s/c(=C\c4ccc(OCc5ccccc5Cl)c(Br)c4)c(=O)n31)c1ccccc1CC2. The lowest BCUT2D eigenvalue weighted by atomic mass is 9.83. The fourth-order valence-corrected chi connectivity index (χ4v) is 7.54. The van der Waals surface area contributed by atoms with Gasteiger partial charge in [-0.25, -0.2) is 4.99 Å². The van der Waals surface area contributed by atoms with Crippen molar-refractivity contribution >= 4 is 50.6 Å². The van der Waals surface area contributed by atoms with Crippen LogP contribution >= 0.6 is 38.9 Å². The molecule has 0 amide bonds. The first kappa shape index (κ1) is 27.9. The van der Waals surface area contributed by atoms with E-state index in [0.29, 0.717) is 26.7 Å². The number of para-hydroxylation sites is 1. The summed E-state index contributed by atoms with van der Waals surface area (Å²) in [5.41, 5.74) is 7.21. The largest absolute Gasteiger partial charge is 0.496 e. The summed E-state index contributed by atoms with van der Waals surface area (Å²) < 4.78 is 15.1. The minimum atomic E-state index is -0.301. The Bertz CT molecular complexity index is 2100. The van der Waals surface area contributed by atoms with Gasteiger partial charge in [0.25, 0.3) is 5.56 Å². The molecule has 8 heteroatoms. The van der Waals surface area contributed by atoms with Crippen LogP contribution < -0.4 is 24.4 Å². The summed E-state index contributed by atoms with van der Waals surface area (Å²) in [6.07, 6.45) is 3.65. The molecule has 1 aliphatic carbocycles. The van der Waals surface area contributed by atoms with E-state index in [9.17, 15) is 4.79 Å². The van der Waals surface area contributed by atoms with Gasteiger partial charge in [-0.2, -0.15) is 0 Å². The highest BCUT2D eigenvalue weighted by Crippen LogP contribution is 2.43. The number of rotatable bonds is 6. The van der Waals surface area contributed by atoms with E-state index in [0.717, 1.165) is 56.6 Å². The Labute approximate surface area is 266 Å². The number of fused-ring (bicyclic) bond motifs is 3. The molecule has 2 heterocycles. The molecule has 5 nitrogen and oxygen atoms in total. The number of nitrogens with zero attached hydrogens (tertiary/aromatic N) is 2. The molecule has 0 bridgehead atoms. The Hall–Kier alpha value is -3.91. The highest BCUT2D eigenvalue weighted by atomic mass is 79.9. The summed E-state index contributed by atoms with van der Waals surface area (Å²) in [7, 11) is 1.67. The lowest BCUT2D eigenvalue weighted by molar-refractivity contribution is 0.304. The summed E-state index contributed by atoms with van der Waals surface area (Å²) >= 11 is 11.3. The van der Waals surface area contributed by atoms with Gasteiger partial charge in [0.05, 0.1) is 27.9 Å². The van der Waals surface area contributed by atoms with Gasteiger partial charge in [0.2, 0.25) is 0 Å². The zero-order valence-corrected chi connectivity index (χ0v) is 26.4. The molecular formula is C35H26BrClN2O3S. The second-order valence-electron chi connectivity index (χ2n) is 10.4. The van der Waals surface area contributed by atoms with E-state index in [4.69, 9.17) is 26.1 Å². The molecule has 1 aliphatic heterocycles. The highest BCUT2D eigenvalue weighted by Gasteiger charge is 2.34. The van der Waals surface area contributed by atoms with Gasteiger partial charge in [0.15, 0.2) is 4.80 Å². The molecule has 43 heavy (non-hydrogen) atoms. The average Bonchev–Trinajstić information content (AvgIpc) is 3.34. The van der Waals surface area contributed by atoms with Crippen molar-refractivity contribution in [2.45, 2.75) is 25.5 Å². The Balaban J connectivity index is 1.31. The third-order valence-electron chi connectivity index (χ3n) is 7.90. The van der Waals surface area contributed by atoms with Crippen LogP contribution in [-0.4, -0.2) is 11.7 Å². The van der Waals surface area contributed by atoms with E-state index in [-0.39, 0.29) is 11.6 Å². The van der Waals surface area contributed by atoms with E-state index in [1.54, 1.807) is 7.11 Å². The molecule has 0 N–H and O–H groups in total. The van der Waals surface area contributed by atoms with Crippen LogP contribution in [-0.2, 0) is 13.0 Å². The van der Waals surface area contributed by atoms with Crippen LogP contribution in [0.3, 0.4) is 0 Å². The normalized spacial score (nSPS) is 15.8. The Kier molecular flexibility index (Phi) is 7.55. The van der Waals surface area contributed by atoms with Crippen LogP contribution in [0.2, 0.25) is 5.02 Å². The first-order valence-electron chi connectivity index (χ1n) is 13.9. The predicted molar refractivity (Wildman–Crippen MR) is 176 cm³/mol. The van der Waals surface area contributed by atoms with Gasteiger partial charge in [-0.05, 0) is 75.8 Å². The number of aromatic nitrogens is 1. The molecule has 2 aliphatic rings. The zero-order valence-electron chi connectivity index (χ0n) is 23.2. The maximum absolute atomic E-state index is 14.1. The fraction of sp³-hybridized carbons (Fsp3) is 0.143. The molecule has 0 spiro atoms. The van der Waals surface area contributed by atoms with Gasteiger partial charge in [-0.1, -0.05) is 89.7 Å². The second kappa shape index (κ2) is 11.6. The molecule has 0 radical (unpaired) electrons. The summed E-state index contributed by atoms with van der Waals surface area (Å²) in [6, 6.07) is 29.5. The first-order chi connectivity index (χ1) is 21.0. The number of aryl methyl sites for hydroxylation is 1. The Morgan fingerprint density at radius 1 is 1.00 bits per heavy atom. The third kappa shape index (κ3) is 5.16. The molecule has 214 valence electrons. The molecule has 0 fully saturated rings. The van der Waals surface area contributed by atoms with Crippen molar-refractivity contribution in [3.63, 3.8) is 0 Å². The fourth-order valence-electron chi connectivity index (χ4n) is 5.84.